The Hall–Kier alpha value is -3.85. The Balaban J connectivity index is 1.25. The van der Waals surface area contributed by atoms with Crippen LogP contribution < -0.4 is 10.6 Å². The van der Waals surface area contributed by atoms with Crippen molar-refractivity contribution >= 4 is 34.4 Å². The molecule has 2 aromatic heterocycles. The molecule has 208 valence electrons. The fraction of sp³-hybridized carbons (Fsp3) is 0.419. The van der Waals surface area contributed by atoms with Gasteiger partial charge in [0.05, 0.1) is 23.5 Å². The molecule has 1 fully saturated rings. The lowest BCUT2D eigenvalue weighted by atomic mass is 9.82. The first kappa shape index (κ1) is 26.4. The van der Waals surface area contributed by atoms with Crippen molar-refractivity contribution in [1.29, 1.82) is 0 Å². The van der Waals surface area contributed by atoms with Crippen LogP contribution in [0, 0.1) is 17.7 Å². The van der Waals surface area contributed by atoms with Crippen LogP contribution in [0.3, 0.4) is 0 Å². The van der Waals surface area contributed by atoms with Gasteiger partial charge in [0.15, 0.2) is 0 Å². The van der Waals surface area contributed by atoms with Gasteiger partial charge in [-0.15, -0.1) is 0 Å². The summed E-state index contributed by atoms with van der Waals surface area (Å²) in [5, 5.41) is 10.7. The van der Waals surface area contributed by atoms with E-state index in [0.29, 0.717) is 41.3 Å². The van der Waals surface area contributed by atoms with E-state index in [0.717, 1.165) is 60.3 Å². The van der Waals surface area contributed by atoms with E-state index in [9.17, 15) is 4.79 Å². The average molecular weight is 542 g/mol. The molecule has 8 nitrogen and oxygen atoms in total. The van der Waals surface area contributed by atoms with Crippen molar-refractivity contribution in [3.63, 3.8) is 0 Å². The lowest BCUT2D eigenvalue weighted by Gasteiger charge is -2.28. The number of carbonyl (C=O) groups is 1. The highest BCUT2D eigenvalue weighted by Gasteiger charge is 2.27. The maximum Gasteiger partial charge on any atom is 0.257 e. The molecule has 3 aliphatic heterocycles. The van der Waals surface area contributed by atoms with E-state index in [1.165, 1.54) is 0 Å². The van der Waals surface area contributed by atoms with Gasteiger partial charge in [0, 0.05) is 36.1 Å². The van der Waals surface area contributed by atoms with Crippen LogP contribution in [0.1, 0.15) is 66.7 Å². The summed E-state index contributed by atoms with van der Waals surface area (Å²) in [4.78, 5) is 24.7. The van der Waals surface area contributed by atoms with Gasteiger partial charge in [0.25, 0.3) is 5.91 Å². The number of piperidine rings is 1. The molecular formula is C31H36FN7O. The molecule has 40 heavy (non-hydrogen) atoms. The molecule has 0 radical (unpaired) electrons. The number of rotatable bonds is 5. The summed E-state index contributed by atoms with van der Waals surface area (Å²) >= 11 is 0. The van der Waals surface area contributed by atoms with Crippen LogP contribution in [-0.2, 0) is 6.42 Å². The molecule has 9 heteroatoms. The fourth-order valence-corrected chi connectivity index (χ4v) is 6.09. The maximum absolute atomic E-state index is 15.3. The summed E-state index contributed by atoms with van der Waals surface area (Å²) in [6, 6.07) is 5.77. The monoisotopic (exact) mass is 541 g/mol. The Kier molecular flexibility index (Phi) is 7.00. The molecule has 0 saturated carbocycles. The number of hydrogen-bond donors (Lipinski definition) is 2. The molecule has 1 saturated heterocycles. The first-order valence-electron chi connectivity index (χ1n) is 14.1. The first-order chi connectivity index (χ1) is 19.3. The highest BCUT2D eigenvalue weighted by molar-refractivity contribution is 6.05. The number of carbonyl (C=O) groups excluding carboxylic acids is 1. The number of hydrogen-bond acceptors (Lipinski definition) is 6. The zero-order chi connectivity index (χ0) is 28.0. The van der Waals surface area contributed by atoms with Gasteiger partial charge in [-0.05, 0) is 87.1 Å². The lowest BCUT2D eigenvalue weighted by Crippen LogP contribution is -2.31. The van der Waals surface area contributed by atoms with E-state index >= 15 is 4.39 Å². The molecule has 0 aliphatic carbocycles. The van der Waals surface area contributed by atoms with Gasteiger partial charge in [-0.3, -0.25) is 14.5 Å². The minimum Gasteiger partial charge on any atom is -0.366 e. The van der Waals surface area contributed by atoms with Crippen LogP contribution in [0.4, 0.5) is 21.6 Å². The van der Waals surface area contributed by atoms with E-state index < -0.39 is 0 Å². The summed E-state index contributed by atoms with van der Waals surface area (Å²) in [7, 11) is 2.13. The van der Waals surface area contributed by atoms with Gasteiger partial charge in [-0.2, -0.15) is 5.10 Å². The number of aliphatic imine (C=N–C) groups is 1. The molecule has 3 aliphatic rings. The third kappa shape index (κ3) is 5.06. The van der Waals surface area contributed by atoms with Crippen molar-refractivity contribution in [1.82, 2.24) is 19.7 Å². The number of nitrogens with zero attached hydrogens (tertiary/aromatic N) is 5. The third-order valence-corrected chi connectivity index (χ3v) is 8.46. The minimum atomic E-state index is -0.321. The fourth-order valence-electron chi connectivity index (χ4n) is 6.09. The zero-order valence-corrected chi connectivity index (χ0v) is 23.5. The number of anilines is 2. The molecule has 5 heterocycles. The first-order valence-corrected chi connectivity index (χ1v) is 14.1. The Labute approximate surface area is 234 Å². The number of benzene rings is 1. The average Bonchev–Trinajstić information content (AvgIpc) is 3.41. The Bertz CT molecular complexity index is 1510. The Morgan fingerprint density at radius 1 is 1.18 bits per heavy atom. The van der Waals surface area contributed by atoms with Crippen LogP contribution >= 0.6 is 0 Å². The maximum atomic E-state index is 15.3. The summed E-state index contributed by atoms with van der Waals surface area (Å²) in [6.45, 7) is 9.00. The zero-order valence-electron chi connectivity index (χ0n) is 23.5. The second-order valence-electron chi connectivity index (χ2n) is 11.6. The van der Waals surface area contributed by atoms with Gasteiger partial charge < -0.3 is 15.5 Å². The number of fused-ring (bicyclic) bond motifs is 2. The quantitative estimate of drug-likeness (QED) is 0.432. The van der Waals surface area contributed by atoms with Gasteiger partial charge in [0.1, 0.15) is 17.3 Å². The molecule has 1 amide bonds. The van der Waals surface area contributed by atoms with Crippen LogP contribution in [0.25, 0.3) is 5.57 Å². The molecule has 0 unspecified atom stereocenters. The number of likely N-dealkylation sites (tertiary alicyclic amines) is 1. The second-order valence-corrected chi connectivity index (χ2v) is 11.6. The van der Waals surface area contributed by atoms with E-state index in [2.05, 4.69) is 57.6 Å². The molecule has 2 N–H and O–H groups in total. The van der Waals surface area contributed by atoms with Crippen molar-refractivity contribution in [3.8, 4) is 0 Å². The van der Waals surface area contributed by atoms with E-state index in [4.69, 9.17) is 0 Å². The van der Waals surface area contributed by atoms with Crippen LogP contribution in [0.5, 0.6) is 0 Å². The highest BCUT2D eigenvalue weighted by Crippen LogP contribution is 2.39. The van der Waals surface area contributed by atoms with Gasteiger partial charge in [-0.1, -0.05) is 19.9 Å². The normalized spacial score (nSPS) is 19.4. The molecule has 1 atom stereocenters. The van der Waals surface area contributed by atoms with Gasteiger partial charge in [-0.25, -0.2) is 9.37 Å². The predicted molar refractivity (Wildman–Crippen MR) is 157 cm³/mol. The van der Waals surface area contributed by atoms with Gasteiger partial charge in [0.2, 0.25) is 0 Å². The van der Waals surface area contributed by atoms with Crippen molar-refractivity contribution in [3.05, 3.63) is 70.9 Å². The topological polar surface area (TPSA) is 87.4 Å². The number of aromatic nitrogens is 3. The lowest BCUT2D eigenvalue weighted by molar-refractivity contribution is 0.102. The molecular weight excluding hydrogens is 505 g/mol. The van der Waals surface area contributed by atoms with Crippen molar-refractivity contribution < 1.29 is 9.18 Å². The standard InChI is InChI=1S/C31H36FN7O/c1-18(2)26-12-21-11-20(14-28(32)29(21)36-19(26)3)25-5-8-33-30-27(25)13-22(15-34-30)31(40)37-23-16-35-39(17-23)24-6-9-38(4)10-7-24/h5,11,13-18,24,26H,6-10,12H2,1-4H3,(H,33,34)(H,37,40)/t26-/m1/s1. The van der Waals surface area contributed by atoms with Crippen molar-refractivity contribution in [2.75, 3.05) is 37.3 Å². The second kappa shape index (κ2) is 10.6. The van der Waals surface area contributed by atoms with Crippen LogP contribution in [0.15, 0.2) is 47.9 Å². The minimum absolute atomic E-state index is 0.260. The Morgan fingerprint density at radius 3 is 2.75 bits per heavy atom. The number of nitrogens with one attached hydrogen (secondary N) is 2. The molecule has 0 bridgehead atoms. The third-order valence-electron chi connectivity index (χ3n) is 8.46. The summed E-state index contributed by atoms with van der Waals surface area (Å²) in [6.07, 6.45) is 10.0. The summed E-state index contributed by atoms with van der Waals surface area (Å²) in [5.41, 5.74) is 5.84. The highest BCUT2D eigenvalue weighted by atomic mass is 19.1. The predicted octanol–water partition coefficient (Wildman–Crippen LogP) is 5.71. The van der Waals surface area contributed by atoms with Crippen LogP contribution in [0.2, 0.25) is 0 Å². The summed E-state index contributed by atoms with van der Waals surface area (Å²) < 4.78 is 17.3. The summed E-state index contributed by atoms with van der Waals surface area (Å²) in [5.74, 6) is 0.806. The van der Waals surface area contributed by atoms with Crippen molar-refractivity contribution in [2.24, 2.45) is 16.8 Å². The van der Waals surface area contributed by atoms with Crippen LogP contribution in [-0.4, -0.2) is 58.0 Å². The van der Waals surface area contributed by atoms with Gasteiger partial charge >= 0.3 is 0 Å². The molecule has 3 aromatic rings. The largest absolute Gasteiger partial charge is 0.366 e. The van der Waals surface area contributed by atoms with E-state index in [1.54, 1.807) is 18.5 Å². The smallest absolute Gasteiger partial charge is 0.257 e. The molecule has 0 spiro atoms. The molecule has 1 aromatic carbocycles. The number of pyridine rings is 1. The van der Waals surface area contributed by atoms with E-state index in [-0.39, 0.29) is 17.6 Å². The Morgan fingerprint density at radius 2 is 1.98 bits per heavy atom. The molecule has 6 rings (SSSR count). The van der Waals surface area contributed by atoms with E-state index in [1.807, 2.05) is 29.9 Å². The SMILES string of the molecule is CC1=Nc2c(F)cc(C3=CCNc4ncc(C(=O)Nc5cnn(C6CCN(C)CC6)c5)cc43)cc2C[C@@H]1C(C)C. The number of amides is 1. The number of halogens is 1. The van der Waals surface area contributed by atoms with Crippen molar-refractivity contribution in [2.45, 2.75) is 46.1 Å².